The average Bonchev–Trinajstić information content (AvgIpc) is 2.77. The minimum absolute atomic E-state index is 0.295. The largest absolute Gasteiger partial charge is 0.492 e. The van der Waals surface area contributed by atoms with Crippen LogP contribution in [-0.4, -0.2) is 41.2 Å². The van der Waals surface area contributed by atoms with E-state index < -0.39 is 5.97 Å². The summed E-state index contributed by atoms with van der Waals surface area (Å²) < 4.78 is 10.9. The molecule has 0 saturated carbocycles. The fourth-order valence-electron chi connectivity index (χ4n) is 2.88. The molecule has 0 saturated heterocycles. The summed E-state index contributed by atoms with van der Waals surface area (Å²) >= 11 is 0. The van der Waals surface area contributed by atoms with Gasteiger partial charge in [0.2, 0.25) is 5.88 Å². The summed E-state index contributed by atoms with van der Waals surface area (Å²) in [7, 11) is 1.60. The molecule has 2 aromatic rings. The molecule has 1 aliphatic heterocycles. The van der Waals surface area contributed by atoms with Gasteiger partial charge in [0.25, 0.3) is 0 Å². The third-order valence-electron chi connectivity index (χ3n) is 4.18. The minimum atomic E-state index is -0.931. The predicted octanol–water partition coefficient (Wildman–Crippen LogP) is 2.49. The highest BCUT2D eigenvalue weighted by molar-refractivity contribution is 5.90. The number of methoxy groups -OCH3 is 1. The standard InChI is InChI=1S/C18H20N2O4/c1-12-13(6-7-17(19-12)23-2)10-20-8-9-24-16-5-3-4-14(18(21)22)15(16)11-20/h3-7H,8-11H2,1-2H3,(H,21,22). The van der Waals surface area contributed by atoms with E-state index in [1.807, 2.05) is 25.1 Å². The monoisotopic (exact) mass is 328 g/mol. The molecule has 0 bridgehead atoms. The van der Waals surface area contributed by atoms with Gasteiger partial charge in [0.15, 0.2) is 0 Å². The van der Waals surface area contributed by atoms with Gasteiger partial charge in [0.05, 0.1) is 12.7 Å². The van der Waals surface area contributed by atoms with Crippen molar-refractivity contribution in [2.75, 3.05) is 20.3 Å². The first-order chi connectivity index (χ1) is 11.6. The van der Waals surface area contributed by atoms with Crippen LogP contribution in [0, 0.1) is 6.92 Å². The Labute approximate surface area is 140 Å². The second-order valence-electron chi connectivity index (χ2n) is 5.74. The van der Waals surface area contributed by atoms with Crippen molar-refractivity contribution in [2.45, 2.75) is 20.0 Å². The number of nitrogens with zero attached hydrogens (tertiary/aromatic N) is 2. The second-order valence-corrected chi connectivity index (χ2v) is 5.74. The van der Waals surface area contributed by atoms with E-state index in [0.29, 0.717) is 36.9 Å². The lowest BCUT2D eigenvalue weighted by atomic mass is 10.1. The quantitative estimate of drug-likeness (QED) is 0.930. The number of aromatic nitrogens is 1. The SMILES string of the molecule is COc1ccc(CN2CCOc3cccc(C(=O)O)c3C2)c(C)n1. The maximum atomic E-state index is 11.5. The number of fused-ring (bicyclic) bond motifs is 1. The van der Waals surface area contributed by atoms with Crippen LogP contribution in [-0.2, 0) is 13.1 Å². The fourth-order valence-corrected chi connectivity index (χ4v) is 2.88. The van der Waals surface area contributed by atoms with Crippen molar-refractivity contribution in [1.29, 1.82) is 0 Å². The van der Waals surface area contributed by atoms with Crippen LogP contribution < -0.4 is 9.47 Å². The summed E-state index contributed by atoms with van der Waals surface area (Å²) in [6.07, 6.45) is 0. The molecule has 0 radical (unpaired) electrons. The first-order valence-corrected chi connectivity index (χ1v) is 7.79. The smallest absolute Gasteiger partial charge is 0.336 e. The van der Waals surface area contributed by atoms with Crippen LogP contribution in [0.2, 0.25) is 0 Å². The third kappa shape index (κ3) is 3.33. The molecule has 2 heterocycles. The zero-order chi connectivity index (χ0) is 17.1. The number of ether oxygens (including phenoxy) is 2. The van der Waals surface area contributed by atoms with Crippen molar-refractivity contribution in [3.8, 4) is 11.6 Å². The van der Waals surface area contributed by atoms with Crippen molar-refractivity contribution >= 4 is 5.97 Å². The number of rotatable bonds is 4. The number of aromatic carboxylic acids is 1. The lowest BCUT2D eigenvalue weighted by Crippen LogP contribution is -2.26. The Bertz CT molecular complexity index is 761. The molecular weight excluding hydrogens is 308 g/mol. The van der Waals surface area contributed by atoms with Crippen molar-refractivity contribution in [2.24, 2.45) is 0 Å². The van der Waals surface area contributed by atoms with E-state index in [9.17, 15) is 9.90 Å². The van der Waals surface area contributed by atoms with E-state index in [-0.39, 0.29) is 0 Å². The van der Waals surface area contributed by atoms with E-state index in [4.69, 9.17) is 9.47 Å². The fraction of sp³-hybridized carbons (Fsp3) is 0.333. The van der Waals surface area contributed by atoms with Gasteiger partial charge in [-0.25, -0.2) is 9.78 Å². The normalized spacial score (nSPS) is 14.4. The Kier molecular flexibility index (Phi) is 4.66. The van der Waals surface area contributed by atoms with Crippen molar-refractivity contribution in [3.63, 3.8) is 0 Å². The molecular formula is C18H20N2O4. The van der Waals surface area contributed by atoms with Gasteiger partial charge >= 0.3 is 5.97 Å². The number of pyridine rings is 1. The molecule has 1 N–H and O–H groups in total. The summed E-state index contributed by atoms with van der Waals surface area (Å²) in [4.78, 5) is 18.0. The van der Waals surface area contributed by atoms with E-state index in [0.717, 1.165) is 23.4 Å². The average molecular weight is 328 g/mol. The van der Waals surface area contributed by atoms with Gasteiger partial charge in [-0.1, -0.05) is 12.1 Å². The molecule has 0 amide bonds. The number of benzene rings is 1. The first kappa shape index (κ1) is 16.3. The second kappa shape index (κ2) is 6.88. The molecule has 6 nitrogen and oxygen atoms in total. The predicted molar refractivity (Wildman–Crippen MR) is 88.5 cm³/mol. The van der Waals surface area contributed by atoms with Gasteiger partial charge in [0.1, 0.15) is 12.4 Å². The molecule has 1 aliphatic rings. The number of hydrogen-bond donors (Lipinski definition) is 1. The Morgan fingerprint density at radius 2 is 2.21 bits per heavy atom. The Morgan fingerprint density at radius 1 is 1.38 bits per heavy atom. The number of aryl methyl sites for hydroxylation is 1. The summed E-state index contributed by atoms with van der Waals surface area (Å²) in [6.45, 7) is 4.41. The van der Waals surface area contributed by atoms with Crippen LogP contribution in [0.25, 0.3) is 0 Å². The van der Waals surface area contributed by atoms with Crippen molar-refractivity contribution < 1.29 is 19.4 Å². The summed E-state index contributed by atoms with van der Waals surface area (Å²) in [6, 6.07) is 9.00. The summed E-state index contributed by atoms with van der Waals surface area (Å²) in [5, 5.41) is 9.41. The summed E-state index contributed by atoms with van der Waals surface area (Å²) in [5.74, 6) is 0.315. The highest BCUT2D eigenvalue weighted by atomic mass is 16.5. The van der Waals surface area contributed by atoms with Crippen LogP contribution in [0.4, 0.5) is 0 Å². The highest BCUT2D eigenvalue weighted by Crippen LogP contribution is 2.27. The van der Waals surface area contributed by atoms with Gasteiger partial charge in [-0.15, -0.1) is 0 Å². The summed E-state index contributed by atoms with van der Waals surface area (Å²) in [5.41, 5.74) is 3.02. The first-order valence-electron chi connectivity index (χ1n) is 7.79. The van der Waals surface area contributed by atoms with Crippen LogP contribution in [0.3, 0.4) is 0 Å². The molecule has 0 fully saturated rings. The van der Waals surface area contributed by atoms with Crippen molar-refractivity contribution in [3.05, 3.63) is 52.7 Å². The molecule has 0 spiro atoms. The van der Waals surface area contributed by atoms with E-state index in [1.165, 1.54) is 0 Å². The molecule has 0 unspecified atom stereocenters. The third-order valence-corrected chi connectivity index (χ3v) is 4.18. The lowest BCUT2D eigenvalue weighted by Gasteiger charge is -2.21. The van der Waals surface area contributed by atoms with Gasteiger partial charge < -0.3 is 14.6 Å². The Morgan fingerprint density at radius 3 is 2.92 bits per heavy atom. The molecule has 0 atom stereocenters. The maximum absolute atomic E-state index is 11.5. The molecule has 1 aromatic carbocycles. The highest BCUT2D eigenvalue weighted by Gasteiger charge is 2.21. The zero-order valence-corrected chi connectivity index (χ0v) is 13.8. The Hall–Kier alpha value is -2.60. The molecule has 126 valence electrons. The van der Waals surface area contributed by atoms with E-state index >= 15 is 0 Å². The number of carboxylic acids is 1. The van der Waals surface area contributed by atoms with Crippen LogP contribution in [0.1, 0.15) is 27.2 Å². The zero-order valence-electron chi connectivity index (χ0n) is 13.8. The molecule has 1 aromatic heterocycles. The van der Waals surface area contributed by atoms with Crippen LogP contribution in [0.5, 0.6) is 11.6 Å². The van der Waals surface area contributed by atoms with Crippen LogP contribution in [0.15, 0.2) is 30.3 Å². The molecule has 3 rings (SSSR count). The topological polar surface area (TPSA) is 71.9 Å². The molecule has 24 heavy (non-hydrogen) atoms. The van der Waals surface area contributed by atoms with Crippen LogP contribution >= 0.6 is 0 Å². The molecule has 0 aliphatic carbocycles. The van der Waals surface area contributed by atoms with Gasteiger partial charge in [-0.3, -0.25) is 4.90 Å². The maximum Gasteiger partial charge on any atom is 0.336 e. The number of hydrogen-bond acceptors (Lipinski definition) is 5. The minimum Gasteiger partial charge on any atom is -0.492 e. The van der Waals surface area contributed by atoms with E-state index in [2.05, 4.69) is 9.88 Å². The van der Waals surface area contributed by atoms with Gasteiger partial charge in [-0.2, -0.15) is 0 Å². The van der Waals surface area contributed by atoms with Gasteiger partial charge in [0, 0.05) is 37.0 Å². The molecule has 6 heteroatoms. The number of carbonyl (C=O) groups is 1. The number of carboxylic acid groups (broad SMARTS) is 1. The van der Waals surface area contributed by atoms with E-state index in [1.54, 1.807) is 19.2 Å². The van der Waals surface area contributed by atoms with Crippen molar-refractivity contribution in [1.82, 2.24) is 9.88 Å². The lowest BCUT2D eigenvalue weighted by molar-refractivity contribution is 0.0694. The van der Waals surface area contributed by atoms with Gasteiger partial charge in [-0.05, 0) is 24.6 Å². The Balaban J connectivity index is 1.85.